The molecule has 2 amide bonds. The normalized spacial score (nSPS) is 17.0. The van der Waals surface area contributed by atoms with Crippen LogP contribution in [0.2, 0.25) is 0 Å². The quantitative estimate of drug-likeness (QED) is 0.670. The Morgan fingerprint density at radius 1 is 1.43 bits per heavy atom. The fourth-order valence-electron chi connectivity index (χ4n) is 2.19. The predicted molar refractivity (Wildman–Crippen MR) is 90.7 cm³/mol. The van der Waals surface area contributed by atoms with E-state index in [2.05, 4.69) is 5.32 Å². The standard InChI is InChI=1S/C16H22N2O4S/c17-15(19)11-23-8-6-16(20)18-12-3-1-4-13(9-12)22-10-14-5-2-7-21-14/h1,3-4,9,14H,2,5-8,10-11H2,(H2,17,19)(H,18,20)/t14-/m0/s1. The molecule has 1 heterocycles. The van der Waals surface area contributed by atoms with Crippen molar-refractivity contribution in [3.05, 3.63) is 24.3 Å². The maximum absolute atomic E-state index is 11.8. The second-order valence-electron chi connectivity index (χ2n) is 5.29. The lowest BCUT2D eigenvalue weighted by atomic mass is 10.2. The summed E-state index contributed by atoms with van der Waals surface area (Å²) in [5, 5.41) is 2.82. The van der Waals surface area contributed by atoms with Crippen LogP contribution < -0.4 is 15.8 Å². The second-order valence-corrected chi connectivity index (χ2v) is 6.40. The first-order valence-corrected chi connectivity index (χ1v) is 8.79. The van der Waals surface area contributed by atoms with Crippen LogP contribution in [0, 0.1) is 0 Å². The van der Waals surface area contributed by atoms with E-state index in [-0.39, 0.29) is 23.7 Å². The molecule has 0 spiro atoms. The van der Waals surface area contributed by atoms with Gasteiger partial charge in [0.05, 0.1) is 11.9 Å². The third-order valence-electron chi connectivity index (χ3n) is 3.30. The summed E-state index contributed by atoms with van der Waals surface area (Å²) in [5.74, 6) is 1.04. The third-order valence-corrected chi connectivity index (χ3v) is 4.28. The van der Waals surface area contributed by atoms with Crippen LogP contribution in [0.5, 0.6) is 5.75 Å². The van der Waals surface area contributed by atoms with Gasteiger partial charge in [-0.25, -0.2) is 0 Å². The molecule has 1 saturated heterocycles. The first-order valence-electron chi connectivity index (χ1n) is 7.64. The van der Waals surface area contributed by atoms with Crippen LogP contribution in [-0.2, 0) is 14.3 Å². The van der Waals surface area contributed by atoms with Crippen molar-refractivity contribution in [1.82, 2.24) is 0 Å². The minimum atomic E-state index is -0.369. The van der Waals surface area contributed by atoms with Crippen molar-refractivity contribution in [3.8, 4) is 5.75 Å². The van der Waals surface area contributed by atoms with Gasteiger partial charge in [-0.2, -0.15) is 11.8 Å². The highest BCUT2D eigenvalue weighted by atomic mass is 32.2. The second kappa shape index (κ2) is 9.42. The van der Waals surface area contributed by atoms with E-state index in [0.29, 0.717) is 30.2 Å². The topological polar surface area (TPSA) is 90.7 Å². The van der Waals surface area contributed by atoms with Crippen LogP contribution in [0.15, 0.2) is 24.3 Å². The molecule has 1 aliphatic heterocycles. The van der Waals surface area contributed by atoms with E-state index in [1.54, 1.807) is 6.07 Å². The Labute approximate surface area is 140 Å². The predicted octanol–water partition coefficient (Wildman–Crippen LogP) is 1.79. The number of thioether (sulfide) groups is 1. The van der Waals surface area contributed by atoms with Gasteiger partial charge in [-0.1, -0.05) is 6.07 Å². The maximum Gasteiger partial charge on any atom is 0.227 e. The summed E-state index contributed by atoms with van der Waals surface area (Å²) in [6.07, 6.45) is 2.60. The van der Waals surface area contributed by atoms with Crippen molar-refractivity contribution in [1.29, 1.82) is 0 Å². The summed E-state index contributed by atoms with van der Waals surface area (Å²) in [6, 6.07) is 7.30. The van der Waals surface area contributed by atoms with E-state index in [0.717, 1.165) is 19.4 Å². The van der Waals surface area contributed by atoms with Gasteiger partial charge in [0.25, 0.3) is 0 Å². The van der Waals surface area contributed by atoms with Crippen molar-refractivity contribution in [2.75, 3.05) is 30.0 Å². The molecule has 1 fully saturated rings. The molecule has 0 radical (unpaired) electrons. The summed E-state index contributed by atoms with van der Waals surface area (Å²) >= 11 is 1.35. The largest absolute Gasteiger partial charge is 0.491 e. The fraction of sp³-hybridized carbons (Fsp3) is 0.500. The average Bonchev–Trinajstić information content (AvgIpc) is 3.03. The molecule has 2 rings (SSSR count). The summed E-state index contributed by atoms with van der Waals surface area (Å²) in [4.78, 5) is 22.4. The average molecular weight is 338 g/mol. The third kappa shape index (κ3) is 6.92. The minimum Gasteiger partial charge on any atom is -0.491 e. The number of rotatable bonds is 9. The van der Waals surface area contributed by atoms with E-state index in [9.17, 15) is 9.59 Å². The van der Waals surface area contributed by atoms with E-state index in [1.807, 2.05) is 18.2 Å². The molecule has 1 aliphatic rings. The first-order chi connectivity index (χ1) is 11.1. The van der Waals surface area contributed by atoms with Crippen LogP contribution in [-0.4, -0.2) is 42.6 Å². The van der Waals surface area contributed by atoms with E-state index in [4.69, 9.17) is 15.2 Å². The lowest BCUT2D eigenvalue weighted by Gasteiger charge is -2.12. The Kier molecular flexibility index (Phi) is 7.22. The number of nitrogens with two attached hydrogens (primary N) is 1. The van der Waals surface area contributed by atoms with Crippen LogP contribution in [0.25, 0.3) is 0 Å². The highest BCUT2D eigenvalue weighted by Gasteiger charge is 2.16. The van der Waals surface area contributed by atoms with E-state index < -0.39 is 0 Å². The van der Waals surface area contributed by atoms with Crippen LogP contribution in [0.3, 0.4) is 0 Å². The Balaban J connectivity index is 1.72. The zero-order valence-corrected chi connectivity index (χ0v) is 13.8. The number of carbonyl (C=O) groups is 2. The number of benzene rings is 1. The fourth-order valence-corrected chi connectivity index (χ4v) is 2.86. The summed E-state index contributed by atoms with van der Waals surface area (Å²) in [7, 11) is 0. The zero-order valence-electron chi connectivity index (χ0n) is 13.0. The molecular weight excluding hydrogens is 316 g/mol. The number of hydrogen-bond acceptors (Lipinski definition) is 5. The number of primary amides is 1. The Morgan fingerprint density at radius 2 is 2.30 bits per heavy atom. The zero-order chi connectivity index (χ0) is 16.5. The summed E-state index contributed by atoms with van der Waals surface area (Å²) in [6.45, 7) is 1.33. The first kappa shape index (κ1) is 17.6. The van der Waals surface area contributed by atoms with Gasteiger partial charge in [0.15, 0.2) is 0 Å². The van der Waals surface area contributed by atoms with Crippen molar-refractivity contribution < 1.29 is 19.1 Å². The number of amides is 2. The van der Waals surface area contributed by atoms with Crippen LogP contribution in [0.4, 0.5) is 5.69 Å². The molecule has 0 unspecified atom stereocenters. The highest BCUT2D eigenvalue weighted by Crippen LogP contribution is 2.20. The number of nitrogens with one attached hydrogen (secondary N) is 1. The van der Waals surface area contributed by atoms with Gasteiger partial charge in [-0.3, -0.25) is 9.59 Å². The minimum absolute atomic E-state index is 0.0988. The van der Waals surface area contributed by atoms with Gasteiger partial charge in [0, 0.05) is 30.5 Å². The molecule has 0 aliphatic carbocycles. The Bertz CT molecular complexity index is 533. The molecule has 1 aromatic rings. The SMILES string of the molecule is NC(=O)CSCCC(=O)Nc1cccc(OC[C@@H]2CCCO2)c1. The molecule has 23 heavy (non-hydrogen) atoms. The molecule has 3 N–H and O–H groups in total. The van der Waals surface area contributed by atoms with Crippen LogP contribution in [0.1, 0.15) is 19.3 Å². The summed E-state index contributed by atoms with van der Waals surface area (Å²) in [5.41, 5.74) is 5.73. The van der Waals surface area contributed by atoms with E-state index in [1.165, 1.54) is 11.8 Å². The van der Waals surface area contributed by atoms with Gasteiger partial charge in [0.2, 0.25) is 11.8 Å². The van der Waals surface area contributed by atoms with Gasteiger partial charge in [-0.15, -0.1) is 0 Å². The smallest absolute Gasteiger partial charge is 0.227 e. The number of ether oxygens (including phenoxy) is 2. The van der Waals surface area contributed by atoms with E-state index >= 15 is 0 Å². The highest BCUT2D eigenvalue weighted by molar-refractivity contribution is 7.99. The number of carbonyl (C=O) groups excluding carboxylic acids is 2. The van der Waals surface area contributed by atoms with Crippen molar-refractivity contribution in [3.63, 3.8) is 0 Å². The Morgan fingerprint density at radius 3 is 3.04 bits per heavy atom. The number of hydrogen-bond donors (Lipinski definition) is 2. The molecule has 6 nitrogen and oxygen atoms in total. The molecular formula is C16H22N2O4S. The molecule has 0 aromatic heterocycles. The van der Waals surface area contributed by atoms with Gasteiger partial charge in [0.1, 0.15) is 12.4 Å². The molecule has 126 valence electrons. The van der Waals surface area contributed by atoms with Gasteiger partial charge >= 0.3 is 0 Å². The molecule has 0 saturated carbocycles. The number of anilines is 1. The maximum atomic E-state index is 11.8. The van der Waals surface area contributed by atoms with Crippen molar-refractivity contribution in [2.24, 2.45) is 5.73 Å². The van der Waals surface area contributed by atoms with Gasteiger partial charge in [-0.05, 0) is 25.0 Å². The van der Waals surface area contributed by atoms with Crippen molar-refractivity contribution in [2.45, 2.75) is 25.4 Å². The molecule has 1 atom stereocenters. The Hall–Kier alpha value is -1.73. The monoisotopic (exact) mass is 338 g/mol. The molecule has 0 bridgehead atoms. The molecule has 7 heteroatoms. The van der Waals surface area contributed by atoms with Crippen molar-refractivity contribution >= 4 is 29.3 Å². The molecule has 1 aromatic carbocycles. The lowest BCUT2D eigenvalue weighted by Crippen LogP contribution is -2.17. The van der Waals surface area contributed by atoms with Gasteiger partial charge < -0.3 is 20.5 Å². The summed E-state index contributed by atoms with van der Waals surface area (Å²) < 4.78 is 11.2. The lowest BCUT2D eigenvalue weighted by molar-refractivity contribution is -0.116. The van der Waals surface area contributed by atoms with Crippen LogP contribution >= 0.6 is 11.8 Å².